The number of nitrogens with zero attached hydrogens (tertiary/aromatic N) is 2. The second kappa shape index (κ2) is 5.05. The average molecular weight is 279 g/mol. The third kappa shape index (κ3) is 2.26. The topological polar surface area (TPSA) is 49.6 Å². The Morgan fingerprint density at radius 3 is 2.60 bits per heavy atom. The van der Waals surface area contributed by atoms with E-state index in [1.54, 1.807) is 18.0 Å². The predicted octanol–water partition coefficient (Wildman–Crippen LogP) is 1.90. The van der Waals surface area contributed by atoms with E-state index in [9.17, 15) is 9.18 Å². The van der Waals surface area contributed by atoms with Crippen molar-refractivity contribution in [3.63, 3.8) is 0 Å². The van der Waals surface area contributed by atoms with E-state index >= 15 is 0 Å². The van der Waals surface area contributed by atoms with Crippen molar-refractivity contribution in [2.75, 3.05) is 25.0 Å². The van der Waals surface area contributed by atoms with E-state index in [1.165, 1.54) is 6.07 Å². The number of likely N-dealkylation sites (N-methyl/N-ethyl adjacent to an activating group) is 1. The third-order valence-electron chi connectivity index (χ3n) is 3.98. The maximum absolute atomic E-state index is 14.3. The number of hydrogen-bond donors (Lipinski definition) is 1. The van der Waals surface area contributed by atoms with Crippen LogP contribution in [0.25, 0.3) is 0 Å². The van der Waals surface area contributed by atoms with Gasteiger partial charge in [0.05, 0.1) is 5.69 Å². The zero-order valence-electron chi connectivity index (χ0n) is 12.5. The summed E-state index contributed by atoms with van der Waals surface area (Å²) in [4.78, 5) is 15.9. The van der Waals surface area contributed by atoms with E-state index in [4.69, 9.17) is 5.73 Å². The summed E-state index contributed by atoms with van der Waals surface area (Å²) in [6, 6.07) is 4.61. The van der Waals surface area contributed by atoms with Crippen LogP contribution in [0.2, 0.25) is 0 Å². The van der Waals surface area contributed by atoms with E-state index in [1.807, 2.05) is 31.7 Å². The molecule has 0 spiro atoms. The highest BCUT2D eigenvalue weighted by Gasteiger charge is 2.42. The fraction of sp³-hybridized carbons (Fsp3) is 0.533. The van der Waals surface area contributed by atoms with Gasteiger partial charge in [0.15, 0.2) is 0 Å². The molecule has 0 bridgehead atoms. The molecule has 0 saturated carbocycles. The first kappa shape index (κ1) is 14.8. The van der Waals surface area contributed by atoms with E-state index in [0.717, 1.165) is 5.56 Å². The Kier molecular flexibility index (Phi) is 3.73. The van der Waals surface area contributed by atoms with Crippen LogP contribution in [0, 0.1) is 5.82 Å². The van der Waals surface area contributed by atoms with Gasteiger partial charge in [-0.25, -0.2) is 4.39 Å². The fourth-order valence-electron chi connectivity index (χ4n) is 2.79. The molecule has 1 amide bonds. The molecule has 0 aromatic heterocycles. The standard InChI is InChI=1S/C15H22FN3O/c1-10(17)11-6-5-7-12(16)13(11)19-9-8-18(4)14(20)15(19,2)3/h5-7,10H,8-9,17H2,1-4H3/t10-/m0/s1. The molecule has 1 aromatic rings. The Bertz CT molecular complexity index is 528. The van der Waals surface area contributed by atoms with Gasteiger partial charge in [-0.2, -0.15) is 0 Å². The van der Waals surface area contributed by atoms with Crippen molar-refractivity contribution in [1.82, 2.24) is 4.90 Å². The molecule has 4 nitrogen and oxygen atoms in total. The number of halogens is 1. The van der Waals surface area contributed by atoms with Crippen molar-refractivity contribution in [3.8, 4) is 0 Å². The van der Waals surface area contributed by atoms with Gasteiger partial charge in [0, 0.05) is 26.2 Å². The Morgan fingerprint density at radius 2 is 2.00 bits per heavy atom. The van der Waals surface area contributed by atoms with Gasteiger partial charge >= 0.3 is 0 Å². The minimum Gasteiger partial charge on any atom is -0.353 e. The van der Waals surface area contributed by atoms with Crippen LogP contribution < -0.4 is 10.6 Å². The van der Waals surface area contributed by atoms with E-state index in [0.29, 0.717) is 18.8 Å². The fourth-order valence-corrected chi connectivity index (χ4v) is 2.79. The van der Waals surface area contributed by atoms with Gasteiger partial charge in [0.25, 0.3) is 0 Å². The number of piperazine rings is 1. The van der Waals surface area contributed by atoms with Crippen molar-refractivity contribution in [1.29, 1.82) is 0 Å². The van der Waals surface area contributed by atoms with Crippen LogP contribution in [0.4, 0.5) is 10.1 Å². The van der Waals surface area contributed by atoms with Crippen molar-refractivity contribution >= 4 is 11.6 Å². The molecule has 0 unspecified atom stereocenters. The lowest BCUT2D eigenvalue weighted by Gasteiger charge is -2.47. The summed E-state index contributed by atoms with van der Waals surface area (Å²) in [5.41, 5.74) is 6.36. The highest BCUT2D eigenvalue weighted by molar-refractivity contribution is 5.90. The molecule has 2 N–H and O–H groups in total. The van der Waals surface area contributed by atoms with Crippen molar-refractivity contribution < 1.29 is 9.18 Å². The monoisotopic (exact) mass is 279 g/mol. The number of hydrogen-bond acceptors (Lipinski definition) is 3. The molecule has 1 heterocycles. The number of benzene rings is 1. The second-order valence-electron chi connectivity index (χ2n) is 5.90. The summed E-state index contributed by atoms with van der Waals surface area (Å²) >= 11 is 0. The Hall–Kier alpha value is -1.62. The predicted molar refractivity (Wildman–Crippen MR) is 78.1 cm³/mol. The van der Waals surface area contributed by atoms with Crippen LogP contribution >= 0.6 is 0 Å². The number of para-hydroxylation sites is 1. The van der Waals surface area contributed by atoms with E-state index in [2.05, 4.69) is 0 Å². The van der Waals surface area contributed by atoms with Gasteiger partial charge in [-0.15, -0.1) is 0 Å². The van der Waals surface area contributed by atoms with E-state index in [-0.39, 0.29) is 17.8 Å². The molecule has 2 rings (SSSR count). The van der Waals surface area contributed by atoms with Gasteiger partial charge in [-0.05, 0) is 32.4 Å². The highest BCUT2D eigenvalue weighted by atomic mass is 19.1. The minimum atomic E-state index is -0.779. The molecule has 1 saturated heterocycles. The lowest BCUT2D eigenvalue weighted by atomic mass is 9.94. The number of rotatable bonds is 2. The van der Waals surface area contributed by atoms with Crippen LogP contribution in [-0.4, -0.2) is 36.5 Å². The Balaban J connectivity index is 2.54. The summed E-state index contributed by atoms with van der Waals surface area (Å²) in [7, 11) is 1.77. The quantitative estimate of drug-likeness (QED) is 0.899. The maximum Gasteiger partial charge on any atom is 0.247 e. The summed E-state index contributed by atoms with van der Waals surface area (Å²) in [6.07, 6.45) is 0. The number of anilines is 1. The maximum atomic E-state index is 14.3. The molecular weight excluding hydrogens is 257 g/mol. The molecule has 0 aliphatic carbocycles. The summed E-state index contributed by atoms with van der Waals surface area (Å²) in [5, 5.41) is 0. The van der Waals surface area contributed by atoms with Gasteiger partial charge in [-0.1, -0.05) is 12.1 Å². The molecule has 1 atom stereocenters. The van der Waals surface area contributed by atoms with Gasteiger partial charge in [-0.3, -0.25) is 4.79 Å². The lowest BCUT2D eigenvalue weighted by Crippen LogP contribution is -2.62. The zero-order chi connectivity index (χ0) is 15.1. The Labute approximate surface area is 119 Å². The number of nitrogens with two attached hydrogens (primary N) is 1. The first-order valence-corrected chi connectivity index (χ1v) is 6.84. The number of carbonyl (C=O) groups excluding carboxylic acids is 1. The minimum absolute atomic E-state index is 0.0115. The largest absolute Gasteiger partial charge is 0.353 e. The number of carbonyl (C=O) groups is 1. The molecule has 0 radical (unpaired) electrons. The molecule has 1 aliphatic heterocycles. The molecule has 1 aliphatic rings. The normalized spacial score (nSPS) is 20.2. The van der Waals surface area contributed by atoms with Gasteiger partial charge < -0.3 is 15.5 Å². The average Bonchev–Trinajstić information content (AvgIpc) is 2.37. The highest BCUT2D eigenvalue weighted by Crippen LogP contribution is 2.35. The molecule has 20 heavy (non-hydrogen) atoms. The summed E-state index contributed by atoms with van der Waals surface area (Å²) in [5.74, 6) is -0.340. The summed E-state index contributed by atoms with van der Waals surface area (Å²) in [6.45, 7) is 6.64. The SMILES string of the molecule is C[C@H](N)c1cccc(F)c1N1CCN(C)C(=O)C1(C)C. The third-order valence-corrected chi connectivity index (χ3v) is 3.98. The second-order valence-corrected chi connectivity index (χ2v) is 5.90. The molecule has 110 valence electrons. The lowest BCUT2D eigenvalue weighted by molar-refractivity contribution is -0.136. The first-order chi connectivity index (χ1) is 9.26. The van der Waals surface area contributed by atoms with Gasteiger partial charge in [0.1, 0.15) is 11.4 Å². The van der Waals surface area contributed by atoms with Crippen LogP contribution in [-0.2, 0) is 4.79 Å². The molecule has 5 heteroatoms. The summed E-state index contributed by atoms with van der Waals surface area (Å²) < 4.78 is 14.3. The molecule has 1 fully saturated rings. The molecule has 1 aromatic carbocycles. The van der Waals surface area contributed by atoms with Gasteiger partial charge in [0.2, 0.25) is 5.91 Å². The smallest absolute Gasteiger partial charge is 0.247 e. The van der Waals surface area contributed by atoms with E-state index < -0.39 is 5.54 Å². The molecular formula is C15H22FN3O. The first-order valence-electron chi connectivity index (χ1n) is 6.84. The van der Waals surface area contributed by atoms with Crippen LogP contribution in [0.15, 0.2) is 18.2 Å². The number of amides is 1. The van der Waals surface area contributed by atoms with Crippen LogP contribution in [0.3, 0.4) is 0 Å². The zero-order valence-corrected chi connectivity index (χ0v) is 12.5. The Morgan fingerprint density at radius 1 is 1.35 bits per heavy atom. The van der Waals surface area contributed by atoms with Crippen LogP contribution in [0.5, 0.6) is 0 Å². The van der Waals surface area contributed by atoms with Crippen molar-refractivity contribution in [2.45, 2.75) is 32.4 Å². The van der Waals surface area contributed by atoms with Crippen LogP contribution in [0.1, 0.15) is 32.4 Å². The van der Waals surface area contributed by atoms with Crippen molar-refractivity contribution in [3.05, 3.63) is 29.6 Å². The van der Waals surface area contributed by atoms with Crippen molar-refractivity contribution in [2.24, 2.45) is 5.73 Å².